The van der Waals surface area contributed by atoms with Crippen molar-refractivity contribution in [2.45, 2.75) is 46.6 Å². The minimum absolute atomic E-state index is 0.00277. The molecule has 3 heterocycles. The van der Waals surface area contributed by atoms with Gasteiger partial charge in [0.1, 0.15) is 23.3 Å². The van der Waals surface area contributed by atoms with E-state index < -0.39 is 22.5 Å². The second-order valence-electron chi connectivity index (χ2n) is 10.2. The molecule has 1 aliphatic rings. The van der Waals surface area contributed by atoms with Gasteiger partial charge in [-0.25, -0.2) is 9.79 Å². The summed E-state index contributed by atoms with van der Waals surface area (Å²) < 4.78 is 18.9. The Bertz CT molecular complexity index is 2000. The summed E-state index contributed by atoms with van der Waals surface area (Å²) in [7, 11) is 1.51. The summed E-state index contributed by atoms with van der Waals surface area (Å²) in [5, 5.41) is 12.0. The normalized spacial score (nSPS) is 14.8. The van der Waals surface area contributed by atoms with Crippen molar-refractivity contribution in [3.63, 3.8) is 0 Å². The number of carbonyl (C=O) groups is 1. The van der Waals surface area contributed by atoms with Gasteiger partial charge in [-0.1, -0.05) is 36.3 Å². The lowest BCUT2D eigenvalue weighted by Gasteiger charge is -2.27. The van der Waals surface area contributed by atoms with Crippen LogP contribution in [0.3, 0.4) is 0 Å². The number of methoxy groups -OCH3 is 1. The number of fused-ring (bicyclic) bond motifs is 1. The van der Waals surface area contributed by atoms with E-state index in [-0.39, 0.29) is 17.9 Å². The number of nitrogens with zero attached hydrogens (tertiary/aromatic N) is 3. The number of carbonyl (C=O) groups excluding carboxylic acids is 1. The van der Waals surface area contributed by atoms with Crippen LogP contribution in [0, 0.1) is 24.0 Å². The van der Waals surface area contributed by atoms with Crippen molar-refractivity contribution >= 4 is 40.7 Å². The van der Waals surface area contributed by atoms with Gasteiger partial charge in [-0.3, -0.25) is 19.5 Å². The average molecular weight is 636 g/mol. The third-order valence-electron chi connectivity index (χ3n) is 7.40. The number of aromatic nitrogens is 1. The van der Waals surface area contributed by atoms with Crippen molar-refractivity contribution in [1.82, 2.24) is 4.57 Å². The summed E-state index contributed by atoms with van der Waals surface area (Å²) in [6.07, 6.45) is 2.80. The van der Waals surface area contributed by atoms with Crippen molar-refractivity contribution in [2.75, 3.05) is 13.7 Å². The number of nitro benzene ring substituents is 1. The number of rotatable bonds is 9. The number of allylic oxidation sites excluding steroid dienone is 1. The minimum atomic E-state index is -0.897. The van der Waals surface area contributed by atoms with Gasteiger partial charge in [0.15, 0.2) is 4.80 Å². The molecular weight excluding hydrogens is 606 g/mol. The van der Waals surface area contributed by atoms with E-state index in [4.69, 9.17) is 30.5 Å². The number of nitro groups is 1. The highest BCUT2D eigenvalue weighted by molar-refractivity contribution is 7.07. The molecule has 0 saturated heterocycles. The van der Waals surface area contributed by atoms with Crippen LogP contribution in [0.15, 0.2) is 67.9 Å². The van der Waals surface area contributed by atoms with Crippen LogP contribution in [0.2, 0.25) is 5.02 Å². The van der Waals surface area contributed by atoms with Crippen LogP contribution >= 0.6 is 22.9 Å². The molecule has 1 atom stereocenters. The van der Waals surface area contributed by atoms with Crippen LogP contribution in [0.4, 0.5) is 5.69 Å². The molecule has 2 aromatic carbocycles. The van der Waals surface area contributed by atoms with E-state index in [9.17, 15) is 19.7 Å². The van der Waals surface area contributed by atoms with Crippen LogP contribution in [-0.2, 0) is 9.53 Å². The molecule has 0 N–H and O–H groups in total. The minimum Gasteiger partial charge on any atom is -0.496 e. The van der Waals surface area contributed by atoms with E-state index in [0.29, 0.717) is 66.9 Å². The van der Waals surface area contributed by atoms with Gasteiger partial charge in [-0.05, 0) is 69.2 Å². The van der Waals surface area contributed by atoms with Crippen molar-refractivity contribution < 1.29 is 23.6 Å². The summed E-state index contributed by atoms with van der Waals surface area (Å²) in [6, 6.07) is 10.8. The fraction of sp³-hybridized carbons (Fsp3) is 0.281. The van der Waals surface area contributed by atoms with Crippen molar-refractivity contribution in [3.8, 4) is 17.1 Å². The highest BCUT2D eigenvalue weighted by Gasteiger charge is 2.36. The van der Waals surface area contributed by atoms with Crippen LogP contribution in [0.5, 0.6) is 5.75 Å². The smallest absolute Gasteiger partial charge is 0.338 e. The zero-order valence-corrected chi connectivity index (χ0v) is 26.4. The summed E-state index contributed by atoms with van der Waals surface area (Å²) in [5.41, 5.74) is 2.82. The first-order valence-corrected chi connectivity index (χ1v) is 15.2. The predicted octanol–water partition coefficient (Wildman–Crippen LogP) is 6.03. The Morgan fingerprint density at radius 1 is 1.20 bits per heavy atom. The fourth-order valence-corrected chi connectivity index (χ4v) is 6.40. The monoisotopic (exact) mass is 635 g/mol. The largest absolute Gasteiger partial charge is 0.496 e. The second kappa shape index (κ2) is 12.6. The molecule has 1 aliphatic heterocycles. The summed E-state index contributed by atoms with van der Waals surface area (Å²) in [6.45, 7) is 7.36. The molecule has 0 unspecified atom stereocenters. The Balaban J connectivity index is 1.69. The number of aryl methyl sites for hydroxylation is 1. The summed E-state index contributed by atoms with van der Waals surface area (Å²) in [4.78, 5) is 43.8. The van der Waals surface area contributed by atoms with E-state index >= 15 is 0 Å². The molecule has 4 aromatic rings. The van der Waals surface area contributed by atoms with Gasteiger partial charge in [0, 0.05) is 33.9 Å². The molecule has 0 radical (unpaired) electrons. The van der Waals surface area contributed by atoms with Gasteiger partial charge >= 0.3 is 5.97 Å². The lowest BCUT2D eigenvalue weighted by atomic mass is 9.93. The highest BCUT2D eigenvalue weighted by Crippen LogP contribution is 2.38. The average Bonchev–Trinajstić information content (AvgIpc) is 3.58. The van der Waals surface area contributed by atoms with Crippen LogP contribution < -0.4 is 19.6 Å². The van der Waals surface area contributed by atoms with Gasteiger partial charge < -0.3 is 13.9 Å². The number of halogens is 1. The standard InChI is InChI=1S/C32H30ClN3O7S/c1-6-8-23-28(31(38)42-7-2)29(22-15-20(33)9-11-26(22)41-5)35-30(37)27(44-32(35)34-23)16-21-10-12-25(43-21)19-13-17(3)18(4)24(14-19)36(39)40/h9-16,29H,6-8H2,1-5H3/b27-16+/t29-/m0/s1. The molecule has 0 spiro atoms. The zero-order chi connectivity index (χ0) is 31.7. The number of furan rings is 1. The summed E-state index contributed by atoms with van der Waals surface area (Å²) in [5.74, 6) is 0.680. The third-order valence-corrected chi connectivity index (χ3v) is 8.62. The Hall–Kier alpha value is -4.48. The SMILES string of the molecule is CCCC1=C(C(=O)OCC)[C@H](c2cc(Cl)ccc2OC)n2c(s/c(=C/c3ccc(-c4cc(C)c(C)c([N+](=O)[O-])c4)o3)c2=O)=N1. The third kappa shape index (κ3) is 5.72. The topological polar surface area (TPSA) is 126 Å². The first kappa shape index (κ1) is 31.0. The number of hydrogen-bond donors (Lipinski definition) is 0. The molecule has 0 bridgehead atoms. The lowest BCUT2D eigenvalue weighted by Crippen LogP contribution is -2.40. The highest BCUT2D eigenvalue weighted by atomic mass is 35.5. The van der Waals surface area contributed by atoms with E-state index in [2.05, 4.69) is 0 Å². The van der Waals surface area contributed by atoms with E-state index in [1.54, 1.807) is 57.2 Å². The summed E-state index contributed by atoms with van der Waals surface area (Å²) >= 11 is 7.57. The molecule has 0 aliphatic carbocycles. The number of esters is 1. The van der Waals surface area contributed by atoms with E-state index in [1.807, 2.05) is 13.0 Å². The van der Waals surface area contributed by atoms with Gasteiger partial charge in [0.05, 0.1) is 34.4 Å². The van der Waals surface area contributed by atoms with Gasteiger partial charge in [0.2, 0.25) is 0 Å². The molecule has 0 amide bonds. The van der Waals surface area contributed by atoms with Gasteiger partial charge in [0.25, 0.3) is 11.2 Å². The molecule has 228 valence electrons. The first-order valence-electron chi connectivity index (χ1n) is 14.0. The maximum Gasteiger partial charge on any atom is 0.338 e. The Morgan fingerprint density at radius 2 is 1.98 bits per heavy atom. The maximum absolute atomic E-state index is 14.1. The van der Waals surface area contributed by atoms with Crippen molar-refractivity contribution in [2.24, 2.45) is 4.99 Å². The number of benzene rings is 2. The fourth-order valence-electron chi connectivity index (χ4n) is 5.22. The Morgan fingerprint density at radius 3 is 2.66 bits per heavy atom. The second-order valence-corrected chi connectivity index (χ2v) is 11.6. The first-order chi connectivity index (χ1) is 21.1. The molecule has 2 aromatic heterocycles. The number of thiazole rings is 1. The Labute approximate surface area is 261 Å². The predicted molar refractivity (Wildman–Crippen MR) is 168 cm³/mol. The quantitative estimate of drug-likeness (QED) is 0.125. The molecular formula is C32H30ClN3O7S. The maximum atomic E-state index is 14.1. The molecule has 0 fully saturated rings. The van der Waals surface area contributed by atoms with Crippen LogP contribution in [0.25, 0.3) is 17.4 Å². The zero-order valence-electron chi connectivity index (χ0n) is 24.8. The van der Waals surface area contributed by atoms with Gasteiger partial charge in [-0.15, -0.1) is 0 Å². The Kier molecular flexibility index (Phi) is 8.89. The lowest BCUT2D eigenvalue weighted by molar-refractivity contribution is -0.385. The number of ether oxygens (including phenoxy) is 2. The molecule has 12 heteroatoms. The molecule has 0 saturated carbocycles. The number of hydrogen-bond acceptors (Lipinski definition) is 9. The van der Waals surface area contributed by atoms with Crippen LogP contribution in [-0.4, -0.2) is 29.2 Å². The molecule has 44 heavy (non-hydrogen) atoms. The van der Waals surface area contributed by atoms with Crippen molar-refractivity contribution in [1.29, 1.82) is 0 Å². The molecule has 10 nitrogen and oxygen atoms in total. The van der Waals surface area contributed by atoms with Gasteiger partial charge in [-0.2, -0.15) is 0 Å². The van der Waals surface area contributed by atoms with E-state index in [1.165, 1.54) is 17.7 Å². The van der Waals surface area contributed by atoms with Crippen LogP contribution in [0.1, 0.15) is 55.2 Å². The van der Waals surface area contributed by atoms with Crippen molar-refractivity contribution in [3.05, 3.63) is 111 Å². The molecule has 5 rings (SSSR count). The van der Waals surface area contributed by atoms with E-state index in [0.717, 1.165) is 16.9 Å².